The van der Waals surface area contributed by atoms with Crippen LogP contribution < -0.4 is 0 Å². The first-order chi connectivity index (χ1) is 10.1. The van der Waals surface area contributed by atoms with E-state index in [9.17, 15) is 10.2 Å². The maximum absolute atomic E-state index is 10.7. The molecule has 120 valence electrons. The van der Waals surface area contributed by atoms with Gasteiger partial charge in [0.25, 0.3) is 0 Å². The number of ether oxygens (including phenoxy) is 1. The zero-order valence-corrected chi connectivity index (χ0v) is 14.3. The number of phenols is 1. The molecule has 0 saturated heterocycles. The maximum Gasteiger partial charge on any atom is 0.161 e. The van der Waals surface area contributed by atoms with Crippen LogP contribution in [-0.2, 0) is 10.2 Å². The van der Waals surface area contributed by atoms with Crippen LogP contribution in [0.5, 0.6) is 5.75 Å². The second-order valence-corrected chi connectivity index (χ2v) is 7.65. The van der Waals surface area contributed by atoms with Crippen molar-refractivity contribution in [2.45, 2.75) is 46.5 Å². The molecule has 1 aliphatic rings. The Morgan fingerprint density at radius 2 is 1.77 bits per heavy atom. The van der Waals surface area contributed by atoms with Crippen LogP contribution in [0.3, 0.4) is 0 Å². The molecule has 1 aromatic rings. The highest BCUT2D eigenvalue weighted by molar-refractivity contribution is 5.82. The molecule has 0 radical (unpaired) electrons. The fraction of sp³-hybridized carbons (Fsp3) is 0.474. The lowest BCUT2D eigenvalue weighted by molar-refractivity contribution is 0.218. The standard InChI is InChI=1S/C19H26O3/c1-18(2,3)14-9-7-8-12(16(14)20)13-10-19(4,5)11-15(22-6)17(13)21/h7-10,20-21H,11H2,1-6H3. The van der Waals surface area contributed by atoms with Crippen molar-refractivity contribution in [3.05, 3.63) is 46.9 Å². The van der Waals surface area contributed by atoms with Gasteiger partial charge in [-0.3, -0.25) is 0 Å². The lowest BCUT2D eigenvalue weighted by atomic mass is 9.78. The second-order valence-electron chi connectivity index (χ2n) is 7.65. The molecule has 0 aromatic heterocycles. The van der Waals surface area contributed by atoms with E-state index >= 15 is 0 Å². The predicted octanol–water partition coefficient (Wildman–Crippen LogP) is 4.92. The highest BCUT2D eigenvalue weighted by Gasteiger charge is 2.31. The van der Waals surface area contributed by atoms with Gasteiger partial charge in [0.2, 0.25) is 0 Å². The van der Waals surface area contributed by atoms with Gasteiger partial charge >= 0.3 is 0 Å². The summed E-state index contributed by atoms with van der Waals surface area (Å²) < 4.78 is 5.34. The molecule has 0 spiro atoms. The van der Waals surface area contributed by atoms with Gasteiger partial charge in [0.1, 0.15) is 11.5 Å². The maximum atomic E-state index is 10.7. The lowest BCUT2D eigenvalue weighted by Gasteiger charge is -2.30. The summed E-state index contributed by atoms with van der Waals surface area (Å²) in [4.78, 5) is 0. The molecular weight excluding hydrogens is 276 g/mol. The molecule has 1 aromatic carbocycles. The normalized spacial score (nSPS) is 18.2. The van der Waals surface area contributed by atoms with Crippen molar-refractivity contribution in [3.8, 4) is 5.75 Å². The first kappa shape index (κ1) is 16.5. The van der Waals surface area contributed by atoms with Crippen LogP contribution in [-0.4, -0.2) is 17.3 Å². The molecule has 0 aliphatic heterocycles. The number of benzene rings is 1. The van der Waals surface area contributed by atoms with E-state index in [1.54, 1.807) is 7.11 Å². The molecule has 1 aliphatic carbocycles. The van der Waals surface area contributed by atoms with Crippen LogP contribution in [0.25, 0.3) is 5.57 Å². The fourth-order valence-electron chi connectivity index (χ4n) is 2.90. The van der Waals surface area contributed by atoms with Crippen molar-refractivity contribution >= 4 is 5.57 Å². The third-order valence-corrected chi connectivity index (χ3v) is 4.05. The summed E-state index contributed by atoms with van der Waals surface area (Å²) in [7, 11) is 1.57. The summed E-state index contributed by atoms with van der Waals surface area (Å²) in [6.07, 6.45) is 2.64. The monoisotopic (exact) mass is 302 g/mol. The molecule has 0 atom stereocenters. The number of aliphatic hydroxyl groups excluding tert-OH is 1. The molecule has 2 N–H and O–H groups in total. The number of phenolic OH excluding ortho intramolecular Hbond substituents is 1. The highest BCUT2D eigenvalue weighted by atomic mass is 16.5. The number of hydrogen-bond donors (Lipinski definition) is 2. The minimum Gasteiger partial charge on any atom is -0.507 e. The van der Waals surface area contributed by atoms with Gasteiger partial charge in [0, 0.05) is 17.6 Å². The van der Waals surface area contributed by atoms with Gasteiger partial charge in [-0.2, -0.15) is 0 Å². The number of rotatable bonds is 2. The number of aromatic hydroxyl groups is 1. The third kappa shape index (κ3) is 2.99. The SMILES string of the molecule is COC1=C(O)C(c2cccc(C(C)(C)C)c2O)=CC(C)(C)C1. The van der Waals surface area contributed by atoms with Crippen LogP contribution >= 0.6 is 0 Å². The Morgan fingerprint density at radius 3 is 2.32 bits per heavy atom. The smallest absolute Gasteiger partial charge is 0.161 e. The van der Waals surface area contributed by atoms with E-state index in [0.717, 1.165) is 5.56 Å². The van der Waals surface area contributed by atoms with E-state index in [1.807, 2.05) is 24.3 Å². The van der Waals surface area contributed by atoms with Crippen molar-refractivity contribution in [2.75, 3.05) is 7.11 Å². The van der Waals surface area contributed by atoms with E-state index in [4.69, 9.17) is 4.74 Å². The molecule has 0 heterocycles. The predicted molar refractivity (Wildman–Crippen MR) is 89.8 cm³/mol. The molecular formula is C19H26O3. The summed E-state index contributed by atoms with van der Waals surface area (Å²) >= 11 is 0. The second kappa shape index (κ2) is 5.38. The molecule has 3 heteroatoms. The van der Waals surface area contributed by atoms with Gasteiger partial charge in [0.05, 0.1) is 7.11 Å². The number of aliphatic hydroxyl groups is 1. The Labute approximate surface area is 132 Å². The average molecular weight is 302 g/mol. The molecule has 3 nitrogen and oxygen atoms in total. The summed E-state index contributed by atoms with van der Waals surface area (Å²) in [5.74, 6) is 0.896. The molecule has 0 bridgehead atoms. The average Bonchev–Trinajstić information content (AvgIpc) is 2.40. The molecule has 2 rings (SSSR count). The van der Waals surface area contributed by atoms with Crippen molar-refractivity contribution in [3.63, 3.8) is 0 Å². The van der Waals surface area contributed by atoms with Crippen LogP contribution in [0.1, 0.15) is 52.2 Å². The van der Waals surface area contributed by atoms with Gasteiger partial charge in [-0.25, -0.2) is 0 Å². The molecule has 22 heavy (non-hydrogen) atoms. The van der Waals surface area contributed by atoms with Crippen molar-refractivity contribution in [1.29, 1.82) is 0 Å². The van der Waals surface area contributed by atoms with Crippen LogP contribution in [0.2, 0.25) is 0 Å². The van der Waals surface area contributed by atoms with Gasteiger partial charge in [0.15, 0.2) is 5.76 Å². The zero-order chi connectivity index (χ0) is 16.7. The minimum absolute atomic E-state index is 0.114. The van der Waals surface area contributed by atoms with E-state index in [2.05, 4.69) is 34.6 Å². The van der Waals surface area contributed by atoms with Crippen molar-refractivity contribution in [2.24, 2.45) is 5.41 Å². The van der Waals surface area contributed by atoms with Gasteiger partial charge in [-0.05, 0) is 16.4 Å². The van der Waals surface area contributed by atoms with Crippen LogP contribution in [0.4, 0.5) is 0 Å². The van der Waals surface area contributed by atoms with E-state index < -0.39 is 0 Å². The quantitative estimate of drug-likeness (QED) is 0.815. The Bertz CT molecular complexity index is 643. The van der Waals surface area contributed by atoms with E-state index in [0.29, 0.717) is 23.3 Å². The van der Waals surface area contributed by atoms with Crippen molar-refractivity contribution < 1.29 is 14.9 Å². The van der Waals surface area contributed by atoms with Gasteiger partial charge < -0.3 is 14.9 Å². The zero-order valence-electron chi connectivity index (χ0n) is 14.3. The van der Waals surface area contributed by atoms with Crippen molar-refractivity contribution in [1.82, 2.24) is 0 Å². The number of hydrogen-bond acceptors (Lipinski definition) is 3. The van der Waals surface area contributed by atoms with Gasteiger partial charge in [-0.15, -0.1) is 0 Å². The molecule has 0 unspecified atom stereocenters. The van der Waals surface area contributed by atoms with E-state index in [-0.39, 0.29) is 22.3 Å². The Balaban J connectivity index is 2.65. The largest absolute Gasteiger partial charge is 0.507 e. The Hall–Kier alpha value is -1.90. The first-order valence-electron chi connectivity index (χ1n) is 7.59. The summed E-state index contributed by atoms with van der Waals surface area (Å²) in [5.41, 5.74) is 1.83. The first-order valence-corrected chi connectivity index (χ1v) is 7.59. The fourth-order valence-corrected chi connectivity index (χ4v) is 2.90. The third-order valence-electron chi connectivity index (χ3n) is 4.05. The highest BCUT2D eigenvalue weighted by Crippen LogP contribution is 2.44. The minimum atomic E-state index is -0.172. The Kier molecular flexibility index (Phi) is 4.03. The van der Waals surface area contributed by atoms with E-state index in [1.165, 1.54) is 0 Å². The van der Waals surface area contributed by atoms with Gasteiger partial charge in [-0.1, -0.05) is 58.9 Å². The van der Waals surface area contributed by atoms with Crippen LogP contribution in [0.15, 0.2) is 35.8 Å². The number of para-hydroxylation sites is 1. The summed E-state index contributed by atoms with van der Waals surface area (Å²) in [6, 6.07) is 5.67. The topological polar surface area (TPSA) is 49.7 Å². The lowest BCUT2D eigenvalue weighted by Crippen LogP contribution is -2.18. The molecule has 0 fully saturated rings. The van der Waals surface area contributed by atoms with Crippen LogP contribution in [0, 0.1) is 5.41 Å². The number of allylic oxidation sites excluding steroid dienone is 3. The number of methoxy groups -OCH3 is 1. The molecule has 0 amide bonds. The molecule has 0 saturated carbocycles. The summed E-state index contributed by atoms with van der Waals surface area (Å²) in [6.45, 7) is 10.3. The Morgan fingerprint density at radius 1 is 1.14 bits per heavy atom. The summed E-state index contributed by atoms with van der Waals surface area (Å²) in [5, 5.41) is 21.2.